The van der Waals surface area contributed by atoms with Crippen molar-refractivity contribution >= 4 is 33.2 Å². The Morgan fingerprint density at radius 1 is 0.964 bits per heavy atom. The van der Waals surface area contributed by atoms with E-state index in [9.17, 15) is 17.6 Å². The highest BCUT2D eigenvalue weighted by molar-refractivity contribution is 7.94. The molecule has 0 saturated heterocycles. The average molecular weight is 400 g/mol. The third-order valence-corrected chi connectivity index (χ3v) is 6.49. The van der Waals surface area contributed by atoms with Gasteiger partial charge in [-0.05, 0) is 42.5 Å². The molecule has 2 aromatic carbocycles. The van der Waals surface area contributed by atoms with Gasteiger partial charge in [-0.3, -0.25) is 13.4 Å². The van der Waals surface area contributed by atoms with Crippen LogP contribution in [-0.2, 0) is 10.2 Å². The van der Waals surface area contributed by atoms with E-state index in [2.05, 4.69) is 5.32 Å². The molecule has 0 saturated carbocycles. The number of benzene rings is 2. The van der Waals surface area contributed by atoms with Crippen molar-refractivity contribution in [3.8, 4) is 5.69 Å². The summed E-state index contributed by atoms with van der Waals surface area (Å²) in [5.41, 5.74) is 1.67. The van der Waals surface area contributed by atoms with E-state index in [0.29, 0.717) is 11.3 Å². The summed E-state index contributed by atoms with van der Waals surface area (Å²) in [5.74, 6) is -1.21. The fourth-order valence-corrected chi connectivity index (χ4v) is 4.23. The molecule has 1 amide bonds. The minimum Gasteiger partial charge on any atom is -0.324 e. The molecule has 2 heterocycles. The number of amides is 1. The van der Waals surface area contributed by atoms with Gasteiger partial charge < -0.3 is 9.88 Å². The number of hydrogen-bond donors (Lipinski definition) is 1. The Morgan fingerprint density at radius 2 is 1.54 bits per heavy atom. The molecular weight excluding hydrogens is 383 g/mol. The summed E-state index contributed by atoms with van der Waals surface area (Å²) in [4.78, 5) is 12.5. The molecule has 0 atom stereocenters. The highest BCUT2D eigenvalue weighted by Gasteiger charge is 2.36. The van der Waals surface area contributed by atoms with E-state index in [0.717, 1.165) is 20.4 Å². The van der Waals surface area contributed by atoms with E-state index in [4.69, 9.17) is 0 Å². The molecule has 9 heteroatoms. The smallest absolute Gasteiger partial charge is 0.324 e. The van der Waals surface area contributed by atoms with Crippen LogP contribution < -0.4 is 13.9 Å². The first-order chi connectivity index (χ1) is 13.3. The van der Waals surface area contributed by atoms with Crippen LogP contribution in [0.2, 0.25) is 0 Å². The zero-order valence-electron chi connectivity index (χ0n) is 15.1. The number of anilines is 3. The number of nitrogens with zero attached hydrogens (tertiary/aromatic N) is 3. The maximum Gasteiger partial charge on any atom is 0.326 e. The van der Waals surface area contributed by atoms with Gasteiger partial charge in [-0.25, -0.2) is 4.39 Å². The van der Waals surface area contributed by atoms with E-state index in [1.807, 2.05) is 29.1 Å². The van der Waals surface area contributed by atoms with E-state index in [1.165, 1.54) is 20.2 Å². The van der Waals surface area contributed by atoms with Gasteiger partial charge >= 0.3 is 10.2 Å². The number of hydrogen-bond acceptors (Lipinski definition) is 3. The molecule has 0 aliphatic carbocycles. The normalized spacial score (nSPS) is 14.8. The number of carbonyl (C=O) groups excluding carboxylic acids is 1. The van der Waals surface area contributed by atoms with E-state index >= 15 is 0 Å². The number of rotatable bonds is 3. The topological polar surface area (TPSA) is 74.7 Å². The summed E-state index contributed by atoms with van der Waals surface area (Å²) >= 11 is 0. The molecule has 7 nitrogen and oxygen atoms in total. The molecule has 1 aromatic heterocycles. The lowest BCUT2D eigenvalue weighted by Crippen LogP contribution is -2.32. The van der Waals surface area contributed by atoms with Crippen molar-refractivity contribution < 1.29 is 17.6 Å². The number of halogens is 1. The molecule has 144 valence electrons. The highest BCUT2D eigenvalue weighted by Crippen LogP contribution is 2.41. The van der Waals surface area contributed by atoms with Gasteiger partial charge in [0, 0.05) is 43.8 Å². The Hall–Kier alpha value is -3.33. The van der Waals surface area contributed by atoms with Gasteiger partial charge in [0.05, 0.1) is 17.1 Å². The lowest BCUT2D eigenvalue weighted by atomic mass is 10.1. The zero-order chi connectivity index (χ0) is 20.1. The van der Waals surface area contributed by atoms with Gasteiger partial charge in [-0.2, -0.15) is 8.42 Å². The third kappa shape index (κ3) is 2.80. The Labute approximate surface area is 161 Å². The van der Waals surface area contributed by atoms with Crippen molar-refractivity contribution in [1.29, 1.82) is 0 Å². The van der Waals surface area contributed by atoms with Gasteiger partial charge in [0.25, 0.3) is 5.91 Å². The Balaban J connectivity index is 1.60. The first-order valence-electron chi connectivity index (χ1n) is 8.40. The fraction of sp³-hybridized carbons (Fsp3) is 0.105. The highest BCUT2D eigenvalue weighted by atomic mass is 32.2. The second kappa shape index (κ2) is 6.38. The second-order valence-corrected chi connectivity index (χ2v) is 8.35. The third-order valence-electron chi connectivity index (χ3n) is 4.72. The van der Waals surface area contributed by atoms with Crippen LogP contribution in [0.15, 0.2) is 60.9 Å². The maximum atomic E-state index is 14.5. The number of fused-ring (bicyclic) bond motifs is 1. The molecule has 28 heavy (non-hydrogen) atoms. The minimum absolute atomic E-state index is 0.0874. The van der Waals surface area contributed by atoms with Gasteiger partial charge in [-0.1, -0.05) is 0 Å². The van der Waals surface area contributed by atoms with E-state index < -0.39 is 21.9 Å². The molecule has 0 unspecified atom stereocenters. The Kier molecular flexibility index (Phi) is 4.11. The lowest BCUT2D eigenvalue weighted by molar-refractivity contribution is 0.102. The van der Waals surface area contributed by atoms with Crippen molar-refractivity contribution in [2.45, 2.75) is 0 Å². The predicted molar refractivity (Wildman–Crippen MR) is 106 cm³/mol. The van der Waals surface area contributed by atoms with Crippen molar-refractivity contribution in [1.82, 2.24) is 4.57 Å². The van der Waals surface area contributed by atoms with Gasteiger partial charge in [0.1, 0.15) is 5.82 Å². The molecular formula is C19H17FN4O3S. The zero-order valence-corrected chi connectivity index (χ0v) is 15.9. The summed E-state index contributed by atoms with van der Waals surface area (Å²) < 4.78 is 42.8. The van der Waals surface area contributed by atoms with Crippen LogP contribution in [0.5, 0.6) is 0 Å². The number of nitrogens with one attached hydrogen (secondary N) is 1. The molecule has 0 bridgehead atoms. The monoisotopic (exact) mass is 400 g/mol. The standard InChI is InChI=1S/C19H17FN4O3S/c1-22-17-11-15(20)16(12-18(17)23(2)28(22,26)27)21-19(25)13-5-7-14(8-6-13)24-9-3-4-10-24/h3-12H,1-2H3,(H,21,25). The van der Waals surface area contributed by atoms with Crippen molar-refractivity contribution in [2.24, 2.45) is 0 Å². The van der Waals surface area contributed by atoms with Crippen LogP contribution in [0, 0.1) is 5.82 Å². The molecule has 0 fully saturated rings. The van der Waals surface area contributed by atoms with Crippen molar-refractivity contribution in [2.75, 3.05) is 28.0 Å². The molecule has 1 aliphatic heterocycles. The van der Waals surface area contributed by atoms with Crippen LogP contribution in [0.25, 0.3) is 5.69 Å². The second-order valence-electron chi connectivity index (χ2n) is 6.35. The average Bonchev–Trinajstić information content (AvgIpc) is 3.27. The summed E-state index contributed by atoms with van der Waals surface area (Å²) in [6, 6.07) is 13.0. The number of aromatic nitrogens is 1. The SMILES string of the molecule is CN1c2cc(F)c(NC(=O)c3ccc(-n4cccc4)cc3)cc2N(C)S1(=O)=O. The molecule has 4 rings (SSSR count). The number of carbonyl (C=O) groups is 1. The quantitative estimate of drug-likeness (QED) is 0.735. The van der Waals surface area contributed by atoms with E-state index in [-0.39, 0.29) is 11.4 Å². The van der Waals surface area contributed by atoms with Crippen molar-refractivity contribution in [3.63, 3.8) is 0 Å². The molecule has 0 radical (unpaired) electrons. The van der Waals surface area contributed by atoms with Crippen LogP contribution in [-0.4, -0.2) is 33.0 Å². The van der Waals surface area contributed by atoms with Crippen molar-refractivity contribution in [3.05, 3.63) is 72.3 Å². The summed E-state index contributed by atoms with van der Waals surface area (Å²) in [6.07, 6.45) is 3.77. The molecule has 3 aromatic rings. The fourth-order valence-electron chi connectivity index (χ4n) is 3.07. The van der Waals surface area contributed by atoms with Gasteiger partial charge in [-0.15, -0.1) is 0 Å². The summed E-state index contributed by atoms with van der Waals surface area (Å²) in [6.45, 7) is 0. The molecule has 1 N–H and O–H groups in total. The predicted octanol–water partition coefficient (Wildman–Crippen LogP) is 3.00. The van der Waals surface area contributed by atoms with Gasteiger partial charge in [0.15, 0.2) is 0 Å². The van der Waals surface area contributed by atoms with Crippen LogP contribution in [0.1, 0.15) is 10.4 Å². The summed E-state index contributed by atoms with van der Waals surface area (Å²) in [5, 5.41) is 2.51. The molecule has 0 spiro atoms. The molecule has 1 aliphatic rings. The summed E-state index contributed by atoms with van der Waals surface area (Å²) in [7, 11) is -0.993. The van der Waals surface area contributed by atoms with Crippen LogP contribution in [0.4, 0.5) is 21.5 Å². The largest absolute Gasteiger partial charge is 0.326 e. The maximum absolute atomic E-state index is 14.5. The Bertz CT molecular complexity index is 1160. The van der Waals surface area contributed by atoms with Gasteiger partial charge in [0.2, 0.25) is 0 Å². The Morgan fingerprint density at radius 3 is 2.14 bits per heavy atom. The first-order valence-corrected chi connectivity index (χ1v) is 9.80. The van der Waals surface area contributed by atoms with Crippen LogP contribution in [0.3, 0.4) is 0 Å². The lowest BCUT2D eigenvalue weighted by Gasteiger charge is -2.13. The first kappa shape index (κ1) is 18.1. The van der Waals surface area contributed by atoms with Crippen LogP contribution >= 0.6 is 0 Å². The minimum atomic E-state index is -3.72. The van der Waals surface area contributed by atoms with E-state index in [1.54, 1.807) is 24.3 Å².